The number of aryl methyl sites for hydroxylation is 1. The van der Waals surface area contributed by atoms with Crippen LogP contribution in [0.4, 0.5) is 5.82 Å². The minimum Gasteiger partial charge on any atom is -0.384 e. The van der Waals surface area contributed by atoms with Crippen molar-refractivity contribution in [1.29, 1.82) is 0 Å². The van der Waals surface area contributed by atoms with Gasteiger partial charge >= 0.3 is 0 Å². The summed E-state index contributed by atoms with van der Waals surface area (Å²) in [5.41, 5.74) is 8.44. The Bertz CT molecular complexity index is 910. The average Bonchev–Trinajstić information content (AvgIpc) is 2.57. The predicted octanol–water partition coefficient (Wildman–Crippen LogP) is 2.96. The molecule has 2 aromatic carbocycles. The number of hydrogen-bond acceptors (Lipinski definition) is 3. The third kappa shape index (κ3) is 2.79. The second-order valence-electron chi connectivity index (χ2n) is 5.34. The lowest BCUT2D eigenvalue weighted by Crippen LogP contribution is -2.23. The predicted molar refractivity (Wildman–Crippen MR) is 91.1 cm³/mol. The van der Waals surface area contributed by atoms with Crippen molar-refractivity contribution in [2.75, 3.05) is 5.73 Å². The number of carbonyl (C=O) groups excluding carboxylic acids is 1. The molecule has 1 aromatic heterocycles. The summed E-state index contributed by atoms with van der Waals surface area (Å²) in [5.74, 6) is -0.0563. The van der Waals surface area contributed by atoms with Crippen molar-refractivity contribution < 1.29 is 4.79 Å². The Balaban J connectivity index is 2.15. The molecule has 0 spiro atoms. The molecule has 0 aliphatic rings. The Morgan fingerprint density at radius 1 is 0.913 bits per heavy atom. The van der Waals surface area contributed by atoms with Gasteiger partial charge in [-0.2, -0.15) is 0 Å². The molecule has 1 heterocycles. The van der Waals surface area contributed by atoms with Crippen molar-refractivity contribution in [2.24, 2.45) is 0 Å². The number of benzene rings is 2. The van der Waals surface area contributed by atoms with E-state index in [1.807, 2.05) is 37.3 Å². The molecule has 4 heteroatoms. The lowest BCUT2D eigenvalue weighted by molar-refractivity contribution is 0.103. The van der Waals surface area contributed by atoms with E-state index >= 15 is 0 Å². The Morgan fingerprint density at radius 2 is 1.57 bits per heavy atom. The molecule has 4 nitrogen and oxygen atoms in total. The molecule has 0 amide bonds. The van der Waals surface area contributed by atoms with E-state index in [0.29, 0.717) is 16.8 Å². The number of ketones is 1. The fourth-order valence-electron chi connectivity index (χ4n) is 2.45. The van der Waals surface area contributed by atoms with Gasteiger partial charge in [0.15, 0.2) is 5.78 Å². The molecule has 23 heavy (non-hydrogen) atoms. The van der Waals surface area contributed by atoms with Crippen molar-refractivity contribution >= 4 is 11.6 Å². The Morgan fingerprint density at radius 3 is 2.22 bits per heavy atom. The third-order valence-corrected chi connectivity index (χ3v) is 3.70. The zero-order valence-corrected chi connectivity index (χ0v) is 12.7. The van der Waals surface area contributed by atoms with Gasteiger partial charge in [0, 0.05) is 11.6 Å². The van der Waals surface area contributed by atoms with E-state index in [1.54, 1.807) is 24.3 Å². The molecule has 0 saturated heterocycles. The van der Waals surface area contributed by atoms with Gasteiger partial charge in [-0.3, -0.25) is 14.2 Å². The number of nitrogens with zero attached hydrogens (tertiary/aromatic N) is 1. The normalized spacial score (nSPS) is 10.5. The third-order valence-electron chi connectivity index (χ3n) is 3.70. The number of pyridine rings is 1. The smallest absolute Gasteiger partial charge is 0.256 e. The van der Waals surface area contributed by atoms with Gasteiger partial charge in [-0.25, -0.2) is 0 Å². The lowest BCUT2D eigenvalue weighted by Gasteiger charge is -2.13. The van der Waals surface area contributed by atoms with Gasteiger partial charge in [-0.1, -0.05) is 48.0 Å². The molecule has 114 valence electrons. The van der Waals surface area contributed by atoms with Crippen LogP contribution >= 0.6 is 0 Å². The molecular weight excluding hydrogens is 288 g/mol. The van der Waals surface area contributed by atoms with E-state index in [-0.39, 0.29) is 17.2 Å². The van der Waals surface area contributed by atoms with Crippen molar-refractivity contribution in [2.45, 2.75) is 6.92 Å². The summed E-state index contributed by atoms with van der Waals surface area (Å²) in [4.78, 5) is 24.8. The molecule has 0 saturated carbocycles. The highest BCUT2D eigenvalue weighted by Crippen LogP contribution is 2.18. The minimum absolute atomic E-state index is 0.148. The van der Waals surface area contributed by atoms with Crippen LogP contribution < -0.4 is 11.3 Å². The summed E-state index contributed by atoms with van der Waals surface area (Å²) in [6.07, 6.45) is 0. The van der Waals surface area contributed by atoms with E-state index in [2.05, 4.69) is 0 Å². The number of hydrogen-bond donors (Lipinski definition) is 1. The van der Waals surface area contributed by atoms with E-state index < -0.39 is 0 Å². The van der Waals surface area contributed by atoms with Crippen LogP contribution in [0.15, 0.2) is 71.5 Å². The summed E-state index contributed by atoms with van der Waals surface area (Å²) in [6.45, 7) is 1.96. The molecular formula is C19H16N2O2. The van der Waals surface area contributed by atoms with Crippen LogP contribution in [0.1, 0.15) is 21.5 Å². The summed E-state index contributed by atoms with van der Waals surface area (Å²) in [5, 5.41) is 0. The number of aromatic nitrogens is 1. The first kappa shape index (κ1) is 14.8. The van der Waals surface area contributed by atoms with Crippen LogP contribution in [0.3, 0.4) is 0 Å². The second kappa shape index (κ2) is 5.93. The van der Waals surface area contributed by atoms with Crippen LogP contribution in [0.25, 0.3) is 5.69 Å². The standard InChI is InChI=1S/C19H16N2O2/c1-13-7-9-15(10-8-13)21-17(22)12-11-16(19(21)20)18(23)14-5-3-2-4-6-14/h2-12H,20H2,1H3. The fourth-order valence-corrected chi connectivity index (χ4v) is 2.45. The van der Waals surface area contributed by atoms with E-state index in [0.717, 1.165) is 5.56 Å². The van der Waals surface area contributed by atoms with Crippen LogP contribution in [-0.2, 0) is 0 Å². The largest absolute Gasteiger partial charge is 0.384 e. The fraction of sp³-hybridized carbons (Fsp3) is 0.0526. The first-order valence-electron chi connectivity index (χ1n) is 7.26. The van der Waals surface area contributed by atoms with E-state index in [4.69, 9.17) is 5.73 Å². The SMILES string of the molecule is Cc1ccc(-n2c(N)c(C(=O)c3ccccc3)ccc2=O)cc1. The molecule has 0 aliphatic heterocycles. The van der Waals surface area contributed by atoms with Crippen molar-refractivity contribution in [3.05, 3.63) is 93.8 Å². The van der Waals surface area contributed by atoms with Crippen LogP contribution in [-0.4, -0.2) is 10.4 Å². The van der Waals surface area contributed by atoms with Crippen LogP contribution in [0, 0.1) is 6.92 Å². The van der Waals surface area contributed by atoms with Gasteiger partial charge in [0.1, 0.15) is 5.82 Å². The molecule has 3 rings (SSSR count). The zero-order chi connectivity index (χ0) is 16.4. The maximum Gasteiger partial charge on any atom is 0.256 e. The zero-order valence-electron chi connectivity index (χ0n) is 12.7. The van der Waals surface area contributed by atoms with Crippen molar-refractivity contribution in [3.63, 3.8) is 0 Å². The molecule has 0 bridgehead atoms. The highest BCUT2D eigenvalue weighted by molar-refractivity contribution is 6.11. The van der Waals surface area contributed by atoms with Gasteiger partial charge in [0.05, 0.1) is 11.3 Å². The van der Waals surface area contributed by atoms with Crippen LogP contribution in [0.2, 0.25) is 0 Å². The van der Waals surface area contributed by atoms with Crippen LogP contribution in [0.5, 0.6) is 0 Å². The first-order valence-corrected chi connectivity index (χ1v) is 7.26. The van der Waals surface area contributed by atoms with Crippen molar-refractivity contribution in [1.82, 2.24) is 4.57 Å². The molecule has 0 fully saturated rings. The van der Waals surface area contributed by atoms with E-state index in [1.165, 1.54) is 16.7 Å². The molecule has 2 N–H and O–H groups in total. The Kier molecular flexibility index (Phi) is 3.81. The highest BCUT2D eigenvalue weighted by Gasteiger charge is 2.16. The Labute approximate surface area is 133 Å². The van der Waals surface area contributed by atoms with Gasteiger partial charge < -0.3 is 5.73 Å². The number of nitrogens with two attached hydrogens (primary N) is 1. The summed E-state index contributed by atoms with van der Waals surface area (Å²) >= 11 is 0. The number of anilines is 1. The Hall–Kier alpha value is -3.14. The number of nitrogen functional groups attached to an aromatic ring is 1. The molecule has 0 radical (unpaired) electrons. The maximum atomic E-state index is 12.6. The quantitative estimate of drug-likeness (QED) is 0.757. The summed E-state index contributed by atoms with van der Waals surface area (Å²) in [6, 6.07) is 19.1. The topological polar surface area (TPSA) is 65.1 Å². The second-order valence-corrected chi connectivity index (χ2v) is 5.34. The summed E-state index contributed by atoms with van der Waals surface area (Å²) in [7, 11) is 0. The van der Waals surface area contributed by atoms with Gasteiger partial charge in [-0.15, -0.1) is 0 Å². The summed E-state index contributed by atoms with van der Waals surface area (Å²) < 4.78 is 1.36. The maximum absolute atomic E-state index is 12.6. The van der Waals surface area contributed by atoms with Gasteiger partial charge in [0.25, 0.3) is 5.56 Å². The monoisotopic (exact) mass is 304 g/mol. The van der Waals surface area contributed by atoms with E-state index in [9.17, 15) is 9.59 Å². The highest BCUT2D eigenvalue weighted by atomic mass is 16.1. The van der Waals surface area contributed by atoms with Gasteiger partial charge in [0.2, 0.25) is 0 Å². The number of carbonyl (C=O) groups is 1. The molecule has 0 unspecified atom stereocenters. The molecule has 0 aliphatic carbocycles. The molecule has 0 atom stereocenters. The lowest BCUT2D eigenvalue weighted by atomic mass is 10.0. The van der Waals surface area contributed by atoms with Crippen molar-refractivity contribution in [3.8, 4) is 5.69 Å². The van der Waals surface area contributed by atoms with Gasteiger partial charge in [-0.05, 0) is 25.1 Å². The average molecular weight is 304 g/mol. The minimum atomic E-state index is -0.268. The molecule has 3 aromatic rings. The first-order chi connectivity index (χ1) is 11.1. The number of rotatable bonds is 3.